The number of para-hydroxylation sites is 1. The highest BCUT2D eigenvalue weighted by molar-refractivity contribution is 7.98. The molecule has 0 spiro atoms. The maximum atomic E-state index is 11.9. The standard InChI is InChI=1S/C11H12N4OS/c1-17-9-5-3-2-4-8(9)14-11(16)7-6-13-15-10(7)12/h2-6H,1H3,(H,14,16)(H3,12,13,15). The van der Waals surface area contributed by atoms with Gasteiger partial charge in [0.05, 0.1) is 11.9 Å². The minimum absolute atomic E-state index is 0.266. The third-order valence-electron chi connectivity index (χ3n) is 2.27. The molecule has 1 aromatic heterocycles. The smallest absolute Gasteiger partial charge is 0.261 e. The number of nitrogens with one attached hydrogen (secondary N) is 2. The second kappa shape index (κ2) is 4.92. The van der Waals surface area contributed by atoms with Gasteiger partial charge in [-0.05, 0) is 18.4 Å². The van der Waals surface area contributed by atoms with Gasteiger partial charge in [-0.15, -0.1) is 11.8 Å². The number of carbonyl (C=O) groups excluding carboxylic acids is 1. The van der Waals surface area contributed by atoms with E-state index in [4.69, 9.17) is 5.73 Å². The Bertz CT molecular complexity index is 538. The average molecular weight is 248 g/mol. The predicted molar refractivity (Wildman–Crippen MR) is 69.2 cm³/mol. The molecule has 0 aliphatic carbocycles. The number of hydrogen-bond donors (Lipinski definition) is 3. The van der Waals surface area contributed by atoms with E-state index in [1.54, 1.807) is 11.8 Å². The fraction of sp³-hybridized carbons (Fsp3) is 0.0909. The summed E-state index contributed by atoms with van der Waals surface area (Å²) in [6.07, 6.45) is 3.36. The van der Waals surface area contributed by atoms with E-state index in [1.807, 2.05) is 30.5 Å². The Kier molecular flexibility index (Phi) is 3.34. The summed E-state index contributed by atoms with van der Waals surface area (Å²) in [5.74, 6) is 0.00174. The number of aromatic amines is 1. The van der Waals surface area contributed by atoms with Gasteiger partial charge in [0.15, 0.2) is 0 Å². The summed E-state index contributed by atoms with van der Waals surface area (Å²) in [4.78, 5) is 12.9. The van der Waals surface area contributed by atoms with E-state index in [0.717, 1.165) is 10.6 Å². The number of nitrogen functional groups attached to an aromatic ring is 1. The second-order valence-corrected chi connectivity index (χ2v) is 4.20. The van der Waals surface area contributed by atoms with Crippen LogP contribution >= 0.6 is 11.8 Å². The maximum Gasteiger partial charge on any atom is 0.261 e. The topological polar surface area (TPSA) is 83.8 Å². The van der Waals surface area contributed by atoms with Crippen molar-refractivity contribution in [3.05, 3.63) is 36.0 Å². The van der Waals surface area contributed by atoms with Crippen molar-refractivity contribution < 1.29 is 4.79 Å². The van der Waals surface area contributed by atoms with E-state index in [0.29, 0.717) is 5.56 Å². The first-order valence-electron chi connectivity index (χ1n) is 4.95. The van der Waals surface area contributed by atoms with Crippen molar-refractivity contribution in [2.45, 2.75) is 4.90 Å². The van der Waals surface area contributed by atoms with Crippen LogP contribution < -0.4 is 11.1 Å². The number of H-pyrrole nitrogens is 1. The van der Waals surface area contributed by atoms with Crippen molar-refractivity contribution in [2.24, 2.45) is 0 Å². The quantitative estimate of drug-likeness (QED) is 0.725. The number of anilines is 2. The first kappa shape index (κ1) is 11.5. The molecule has 6 heteroatoms. The van der Waals surface area contributed by atoms with Crippen molar-refractivity contribution >= 4 is 29.2 Å². The van der Waals surface area contributed by atoms with Crippen LogP contribution in [0.25, 0.3) is 0 Å². The van der Waals surface area contributed by atoms with Gasteiger partial charge in [-0.2, -0.15) is 5.10 Å². The third-order valence-corrected chi connectivity index (χ3v) is 3.06. The first-order chi connectivity index (χ1) is 8.22. The van der Waals surface area contributed by atoms with E-state index in [9.17, 15) is 4.79 Å². The molecule has 0 bridgehead atoms. The second-order valence-electron chi connectivity index (χ2n) is 3.35. The number of aromatic nitrogens is 2. The zero-order chi connectivity index (χ0) is 12.3. The van der Waals surface area contributed by atoms with Gasteiger partial charge in [-0.25, -0.2) is 0 Å². The number of nitrogens with two attached hydrogens (primary N) is 1. The molecule has 2 aromatic rings. The Balaban J connectivity index is 2.22. The number of rotatable bonds is 3. The third kappa shape index (κ3) is 2.42. The van der Waals surface area contributed by atoms with Crippen molar-refractivity contribution in [3.8, 4) is 0 Å². The van der Waals surface area contributed by atoms with Crippen molar-refractivity contribution in [2.75, 3.05) is 17.3 Å². The summed E-state index contributed by atoms with van der Waals surface area (Å²) >= 11 is 1.57. The van der Waals surface area contributed by atoms with Crippen LogP contribution in [0.2, 0.25) is 0 Å². The van der Waals surface area contributed by atoms with Crippen molar-refractivity contribution in [1.82, 2.24) is 10.2 Å². The minimum Gasteiger partial charge on any atom is -0.383 e. The summed E-state index contributed by atoms with van der Waals surface area (Å²) in [5.41, 5.74) is 6.70. The monoisotopic (exact) mass is 248 g/mol. The van der Waals surface area contributed by atoms with Crippen molar-refractivity contribution in [3.63, 3.8) is 0 Å². The van der Waals surface area contributed by atoms with Gasteiger partial charge in [-0.3, -0.25) is 9.89 Å². The highest BCUT2D eigenvalue weighted by Crippen LogP contribution is 2.25. The molecule has 0 saturated heterocycles. The SMILES string of the molecule is CSc1ccccc1NC(=O)c1cn[nH]c1N. The van der Waals surface area contributed by atoms with Crippen LogP contribution in [-0.4, -0.2) is 22.4 Å². The lowest BCUT2D eigenvalue weighted by Gasteiger charge is -2.08. The molecule has 1 amide bonds. The van der Waals surface area contributed by atoms with Crippen LogP contribution in [0.1, 0.15) is 10.4 Å². The number of amides is 1. The fourth-order valence-corrected chi connectivity index (χ4v) is 1.97. The molecule has 0 fully saturated rings. The Labute approximate surface area is 103 Å². The normalized spacial score (nSPS) is 10.2. The van der Waals surface area contributed by atoms with E-state index < -0.39 is 0 Å². The Morgan fingerprint density at radius 2 is 2.24 bits per heavy atom. The van der Waals surface area contributed by atoms with Gasteiger partial charge in [0, 0.05) is 4.90 Å². The summed E-state index contributed by atoms with van der Waals surface area (Å²) < 4.78 is 0. The van der Waals surface area contributed by atoms with Gasteiger partial charge >= 0.3 is 0 Å². The number of thioether (sulfide) groups is 1. The zero-order valence-corrected chi connectivity index (χ0v) is 10.0. The van der Waals surface area contributed by atoms with Crippen molar-refractivity contribution in [1.29, 1.82) is 0 Å². The van der Waals surface area contributed by atoms with Crippen LogP contribution in [0.5, 0.6) is 0 Å². The van der Waals surface area contributed by atoms with Gasteiger partial charge < -0.3 is 11.1 Å². The number of carbonyl (C=O) groups is 1. The highest BCUT2D eigenvalue weighted by Gasteiger charge is 2.12. The first-order valence-corrected chi connectivity index (χ1v) is 6.18. The molecule has 0 radical (unpaired) electrons. The molecular weight excluding hydrogens is 236 g/mol. The van der Waals surface area contributed by atoms with E-state index >= 15 is 0 Å². The number of nitrogens with zero attached hydrogens (tertiary/aromatic N) is 1. The fourth-order valence-electron chi connectivity index (χ4n) is 1.41. The molecule has 0 aliphatic rings. The average Bonchev–Trinajstić information content (AvgIpc) is 2.76. The maximum absolute atomic E-state index is 11.9. The lowest BCUT2D eigenvalue weighted by Crippen LogP contribution is -2.13. The Morgan fingerprint density at radius 1 is 1.47 bits per heavy atom. The van der Waals surface area contributed by atoms with E-state index in [1.165, 1.54) is 6.20 Å². The largest absolute Gasteiger partial charge is 0.383 e. The van der Waals surface area contributed by atoms with E-state index in [2.05, 4.69) is 15.5 Å². The predicted octanol–water partition coefficient (Wildman–Crippen LogP) is 1.97. The van der Waals surface area contributed by atoms with Gasteiger partial charge in [0.2, 0.25) is 0 Å². The summed E-state index contributed by atoms with van der Waals surface area (Å²) in [5, 5.41) is 9.04. The van der Waals surface area contributed by atoms with Crippen LogP contribution in [0.3, 0.4) is 0 Å². The van der Waals surface area contributed by atoms with Gasteiger partial charge in [0.25, 0.3) is 5.91 Å². The summed E-state index contributed by atoms with van der Waals surface area (Å²) in [7, 11) is 0. The molecule has 1 heterocycles. The van der Waals surface area contributed by atoms with E-state index in [-0.39, 0.29) is 11.7 Å². The lowest BCUT2D eigenvalue weighted by molar-refractivity contribution is 0.102. The van der Waals surface area contributed by atoms with Gasteiger partial charge in [-0.1, -0.05) is 12.1 Å². The number of benzene rings is 1. The van der Waals surface area contributed by atoms with Crippen LogP contribution in [0, 0.1) is 0 Å². The van der Waals surface area contributed by atoms with Crippen LogP contribution in [-0.2, 0) is 0 Å². The molecule has 0 atom stereocenters. The molecule has 5 nitrogen and oxygen atoms in total. The molecule has 0 aliphatic heterocycles. The molecule has 0 saturated carbocycles. The van der Waals surface area contributed by atoms with Crippen LogP contribution in [0.15, 0.2) is 35.4 Å². The summed E-state index contributed by atoms with van der Waals surface area (Å²) in [6, 6.07) is 7.58. The van der Waals surface area contributed by atoms with Crippen LogP contribution in [0.4, 0.5) is 11.5 Å². The molecule has 4 N–H and O–H groups in total. The Hall–Kier alpha value is -1.95. The zero-order valence-electron chi connectivity index (χ0n) is 9.23. The molecule has 2 rings (SSSR count). The lowest BCUT2D eigenvalue weighted by atomic mass is 10.2. The molecule has 88 valence electrons. The Morgan fingerprint density at radius 3 is 2.88 bits per heavy atom. The number of hydrogen-bond acceptors (Lipinski definition) is 4. The molecular formula is C11H12N4OS. The summed E-state index contributed by atoms with van der Waals surface area (Å²) in [6.45, 7) is 0. The highest BCUT2D eigenvalue weighted by atomic mass is 32.2. The molecule has 1 aromatic carbocycles. The molecule has 17 heavy (non-hydrogen) atoms. The molecule has 0 unspecified atom stereocenters. The minimum atomic E-state index is -0.266. The van der Waals surface area contributed by atoms with Gasteiger partial charge in [0.1, 0.15) is 11.4 Å².